The molecule has 0 saturated heterocycles. The van der Waals surface area contributed by atoms with E-state index in [9.17, 15) is 19.7 Å². The molecule has 0 fully saturated rings. The average Bonchev–Trinajstić information content (AvgIpc) is 3.22. The number of nitrogens with one attached hydrogen (secondary N) is 1. The van der Waals surface area contributed by atoms with Crippen molar-refractivity contribution in [2.75, 3.05) is 25.1 Å². The zero-order valence-corrected chi connectivity index (χ0v) is 18.8. The van der Waals surface area contributed by atoms with E-state index < -0.39 is 16.8 Å². The normalized spacial score (nSPS) is 10.4. The smallest absolute Gasteiger partial charge is 0.341 e. The second-order valence-corrected chi connectivity index (χ2v) is 7.50. The molecule has 9 nitrogen and oxygen atoms in total. The molecule has 172 valence electrons. The van der Waals surface area contributed by atoms with Gasteiger partial charge in [0.05, 0.1) is 18.1 Å². The molecule has 0 saturated carbocycles. The summed E-state index contributed by atoms with van der Waals surface area (Å²) in [7, 11) is 0. The molecule has 1 aromatic heterocycles. The fourth-order valence-electron chi connectivity index (χ4n) is 2.97. The average molecular weight is 471 g/mol. The number of nitro benzene ring substituents is 1. The number of anilines is 1. The van der Waals surface area contributed by atoms with Gasteiger partial charge in [0, 0.05) is 23.1 Å². The van der Waals surface area contributed by atoms with Crippen molar-refractivity contribution >= 4 is 33.9 Å². The maximum absolute atomic E-state index is 12.6. The molecule has 3 aromatic rings. The number of benzene rings is 2. The van der Waals surface area contributed by atoms with E-state index in [1.54, 1.807) is 42.6 Å². The van der Waals surface area contributed by atoms with Crippen molar-refractivity contribution in [1.29, 1.82) is 0 Å². The minimum absolute atomic E-state index is 0.108. The van der Waals surface area contributed by atoms with Gasteiger partial charge in [-0.25, -0.2) is 4.79 Å². The summed E-state index contributed by atoms with van der Waals surface area (Å²) in [6.07, 6.45) is 0. The molecule has 1 amide bonds. The van der Waals surface area contributed by atoms with Gasteiger partial charge in [-0.3, -0.25) is 14.9 Å². The maximum atomic E-state index is 12.6. The molecule has 1 N–H and O–H groups in total. The Bertz CT molecular complexity index is 1140. The summed E-state index contributed by atoms with van der Waals surface area (Å²) in [5.41, 5.74) is 0.930. The van der Waals surface area contributed by atoms with E-state index in [-0.39, 0.29) is 29.5 Å². The molecule has 0 radical (unpaired) electrons. The molecule has 10 heteroatoms. The van der Waals surface area contributed by atoms with E-state index in [0.29, 0.717) is 29.2 Å². The van der Waals surface area contributed by atoms with Crippen molar-refractivity contribution in [3.8, 4) is 22.6 Å². The number of hydrogen-bond donors (Lipinski definition) is 1. The van der Waals surface area contributed by atoms with Gasteiger partial charge in [0.2, 0.25) is 0 Å². The first kappa shape index (κ1) is 23.7. The van der Waals surface area contributed by atoms with E-state index >= 15 is 0 Å². The van der Waals surface area contributed by atoms with Crippen molar-refractivity contribution in [1.82, 2.24) is 0 Å². The number of hydrogen-bond acceptors (Lipinski definition) is 8. The van der Waals surface area contributed by atoms with Crippen LogP contribution in [-0.4, -0.2) is 36.6 Å². The van der Waals surface area contributed by atoms with Crippen LogP contribution in [0.25, 0.3) is 11.1 Å². The fourth-order valence-corrected chi connectivity index (χ4v) is 3.94. The standard InChI is InChI=1S/C23H22N2O7S/c1-3-30-17-8-10-18(11-9-17)32-13-20(26)24-22-21(23(27)31-4-2)19(14-33-22)15-6-5-7-16(12-15)25(28)29/h5-12,14H,3-4,13H2,1-2H3,(H,24,26). The topological polar surface area (TPSA) is 117 Å². The van der Waals surface area contributed by atoms with Gasteiger partial charge in [-0.05, 0) is 43.7 Å². The van der Waals surface area contributed by atoms with Crippen LogP contribution in [-0.2, 0) is 9.53 Å². The Hall–Kier alpha value is -3.92. The number of ether oxygens (including phenoxy) is 3. The van der Waals surface area contributed by atoms with Crippen molar-refractivity contribution < 1.29 is 28.7 Å². The lowest BCUT2D eigenvalue weighted by Gasteiger charge is -2.10. The number of carbonyl (C=O) groups excluding carboxylic acids is 2. The molecule has 3 rings (SSSR count). The SMILES string of the molecule is CCOC(=O)c1c(-c2cccc([N+](=O)[O-])c2)csc1NC(=O)COc1ccc(OCC)cc1. The third-order valence-electron chi connectivity index (χ3n) is 4.40. The molecule has 0 aliphatic rings. The molecular formula is C23H22N2O7S. The lowest BCUT2D eigenvalue weighted by atomic mass is 10.0. The number of esters is 1. The highest BCUT2D eigenvalue weighted by molar-refractivity contribution is 7.15. The molecule has 0 bridgehead atoms. The Morgan fingerprint density at radius 3 is 2.36 bits per heavy atom. The number of non-ortho nitro benzene ring substituents is 1. The molecule has 0 aliphatic carbocycles. The Balaban J connectivity index is 1.78. The summed E-state index contributed by atoms with van der Waals surface area (Å²) in [5, 5.41) is 15.7. The fraction of sp³-hybridized carbons (Fsp3) is 0.217. The summed E-state index contributed by atoms with van der Waals surface area (Å²) >= 11 is 1.12. The summed E-state index contributed by atoms with van der Waals surface area (Å²) in [5.74, 6) is 0.0770. The van der Waals surface area contributed by atoms with Crippen LogP contribution in [0, 0.1) is 10.1 Å². The van der Waals surface area contributed by atoms with Gasteiger partial charge in [0.15, 0.2) is 6.61 Å². The number of nitrogens with zero attached hydrogens (tertiary/aromatic N) is 1. The quantitative estimate of drug-likeness (QED) is 0.254. The van der Waals surface area contributed by atoms with Gasteiger partial charge < -0.3 is 19.5 Å². The minimum atomic E-state index is -0.636. The first-order valence-corrected chi connectivity index (χ1v) is 11.0. The second-order valence-electron chi connectivity index (χ2n) is 6.62. The van der Waals surface area contributed by atoms with Crippen molar-refractivity contribution in [3.05, 3.63) is 69.6 Å². The molecule has 0 atom stereocenters. The number of amides is 1. The summed E-state index contributed by atoms with van der Waals surface area (Å²) in [4.78, 5) is 35.7. The largest absolute Gasteiger partial charge is 0.494 e. The van der Waals surface area contributed by atoms with Gasteiger partial charge in [0.1, 0.15) is 22.1 Å². The molecule has 33 heavy (non-hydrogen) atoms. The molecule has 0 spiro atoms. The van der Waals surface area contributed by atoms with Crippen molar-refractivity contribution in [3.63, 3.8) is 0 Å². The lowest BCUT2D eigenvalue weighted by Crippen LogP contribution is -2.21. The number of thiophene rings is 1. The minimum Gasteiger partial charge on any atom is -0.494 e. The number of nitro groups is 1. The summed E-state index contributed by atoms with van der Waals surface area (Å²) in [6.45, 7) is 3.96. The Labute approximate surface area is 194 Å². The zero-order chi connectivity index (χ0) is 23.8. The van der Waals surface area contributed by atoms with Crippen LogP contribution in [0.2, 0.25) is 0 Å². The second kappa shape index (κ2) is 11.1. The molecule has 2 aromatic carbocycles. The molecule has 0 aliphatic heterocycles. The Morgan fingerprint density at radius 1 is 1.03 bits per heavy atom. The first-order chi connectivity index (χ1) is 15.9. The van der Waals surface area contributed by atoms with E-state index in [2.05, 4.69) is 5.32 Å². The predicted molar refractivity (Wildman–Crippen MR) is 124 cm³/mol. The van der Waals surface area contributed by atoms with E-state index in [0.717, 1.165) is 11.3 Å². The van der Waals surface area contributed by atoms with E-state index in [4.69, 9.17) is 14.2 Å². The number of carbonyl (C=O) groups is 2. The lowest BCUT2D eigenvalue weighted by molar-refractivity contribution is -0.384. The van der Waals surface area contributed by atoms with E-state index in [1.807, 2.05) is 6.92 Å². The third kappa shape index (κ3) is 6.07. The highest BCUT2D eigenvalue weighted by Crippen LogP contribution is 2.37. The maximum Gasteiger partial charge on any atom is 0.341 e. The third-order valence-corrected chi connectivity index (χ3v) is 5.29. The van der Waals surface area contributed by atoms with Gasteiger partial charge in [0.25, 0.3) is 11.6 Å². The predicted octanol–water partition coefficient (Wildman–Crippen LogP) is 4.92. The monoisotopic (exact) mass is 470 g/mol. The van der Waals surface area contributed by atoms with Crippen LogP contribution in [0.1, 0.15) is 24.2 Å². The van der Waals surface area contributed by atoms with Crippen molar-refractivity contribution in [2.24, 2.45) is 0 Å². The van der Waals surface area contributed by atoms with Crippen LogP contribution in [0.3, 0.4) is 0 Å². The van der Waals surface area contributed by atoms with Crippen LogP contribution in [0.4, 0.5) is 10.7 Å². The van der Waals surface area contributed by atoms with Gasteiger partial charge >= 0.3 is 5.97 Å². The Kier molecular flexibility index (Phi) is 7.98. The summed E-state index contributed by atoms with van der Waals surface area (Å²) < 4.78 is 16.0. The van der Waals surface area contributed by atoms with E-state index in [1.165, 1.54) is 18.2 Å². The van der Waals surface area contributed by atoms with Crippen LogP contribution in [0.15, 0.2) is 53.9 Å². The van der Waals surface area contributed by atoms with Crippen LogP contribution < -0.4 is 14.8 Å². The molecule has 0 unspecified atom stereocenters. The highest BCUT2D eigenvalue weighted by atomic mass is 32.1. The molecular weight excluding hydrogens is 448 g/mol. The summed E-state index contributed by atoms with van der Waals surface area (Å²) in [6, 6.07) is 12.8. The van der Waals surface area contributed by atoms with Crippen LogP contribution >= 0.6 is 11.3 Å². The Morgan fingerprint density at radius 2 is 1.73 bits per heavy atom. The van der Waals surface area contributed by atoms with Gasteiger partial charge in [-0.15, -0.1) is 11.3 Å². The van der Waals surface area contributed by atoms with Crippen LogP contribution in [0.5, 0.6) is 11.5 Å². The van der Waals surface area contributed by atoms with Gasteiger partial charge in [-0.2, -0.15) is 0 Å². The zero-order valence-electron chi connectivity index (χ0n) is 18.0. The van der Waals surface area contributed by atoms with Crippen molar-refractivity contribution in [2.45, 2.75) is 13.8 Å². The van der Waals surface area contributed by atoms with Gasteiger partial charge in [-0.1, -0.05) is 12.1 Å². The highest BCUT2D eigenvalue weighted by Gasteiger charge is 2.24. The first-order valence-electron chi connectivity index (χ1n) is 10.1. The molecule has 1 heterocycles. The number of rotatable bonds is 10.